The maximum Gasteiger partial charge on any atom is 0.276 e. The number of carbonyl (C=O) groups is 1. The quantitative estimate of drug-likeness (QED) is 0.800. The van der Waals surface area contributed by atoms with Gasteiger partial charge in [-0.1, -0.05) is 12.1 Å². The standard InChI is InChI=1S/C15H25N3O3/c1-4-12(3)18(5-2)15(19)14-10-13(21-16-14)11-17-6-8-20-9-7-17/h10,12H,4-9,11H2,1-3H3/t12-/m1/s1. The van der Waals surface area contributed by atoms with Crippen LogP contribution in [0.2, 0.25) is 0 Å². The van der Waals surface area contributed by atoms with Crippen molar-refractivity contribution in [2.45, 2.75) is 39.8 Å². The van der Waals surface area contributed by atoms with Crippen molar-refractivity contribution >= 4 is 5.91 Å². The van der Waals surface area contributed by atoms with Crippen molar-refractivity contribution in [2.75, 3.05) is 32.8 Å². The van der Waals surface area contributed by atoms with E-state index in [2.05, 4.69) is 23.9 Å². The number of carbonyl (C=O) groups excluding carboxylic acids is 1. The Morgan fingerprint density at radius 2 is 2.14 bits per heavy atom. The molecule has 1 saturated heterocycles. The van der Waals surface area contributed by atoms with Gasteiger partial charge in [0.25, 0.3) is 5.91 Å². The van der Waals surface area contributed by atoms with Gasteiger partial charge in [-0.15, -0.1) is 0 Å². The molecule has 6 nitrogen and oxygen atoms in total. The molecule has 1 atom stereocenters. The fourth-order valence-electron chi connectivity index (χ4n) is 2.49. The fourth-order valence-corrected chi connectivity index (χ4v) is 2.49. The summed E-state index contributed by atoms with van der Waals surface area (Å²) in [4.78, 5) is 16.5. The predicted octanol–water partition coefficient (Wildman–Crippen LogP) is 1.77. The van der Waals surface area contributed by atoms with Crippen LogP contribution in [0.15, 0.2) is 10.6 Å². The molecule has 2 heterocycles. The Bertz CT molecular complexity index is 455. The van der Waals surface area contributed by atoms with E-state index < -0.39 is 0 Å². The maximum atomic E-state index is 12.5. The molecule has 1 aliphatic rings. The van der Waals surface area contributed by atoms with Crippen molar-refractivity contribution in [3.63, 3.8) is 0 Å². The molecule has 0 aromatic carbocycles. The molecule has 1 aliphatic heterocycles. The van der Waals surface area contributed by atoms with Crippen molar-refractivity contribution < 1.29 is 14.1 Å². The largest absolute Gasteiger partial charge is 0.379 e. The molecule has 2 rings (SSSR count). The molecular weight excluding hydrogens is 270 g/mol. The molecule has 118 valence electrons. The van der Waals surface area contributed by atoms with Crippen LogP contribution in [0, 0.1) is 0 Å². The van der Waals surface area contributed by atoms with E-state index in [0.717, 1.165) is 38.5 Å². The van der Waals surface area contributed by atoms with Gasteiger partial charge in [-0.2, -0.15) is 0 Å². The van der Waals surface area contributed by atoms with E-state index in [1.54, 1.807) is 6.07 Å². The van der Waals surface area contributed by atoms with Gasteiger partial charge in [0.05, 0.1) is 19.8 Å². The molecule has 0 spiro atoms. The lowest BCUT2D eigenvalue weighted by Crippen LogP contribution is -2.38. The average molecular weight is 295 g/mol. The first-order chi connectivity index (χ1) is 10.2. The maximum absolute atomic E-state index is 12.5. The molecule has 0 aliphatic carbocycles. The summed E-state index contributed by atoms with van der Waals surface area (Å²) in [6, 6.07) is 1.98. The average Bonchev–Trinajstić information content (AvgIpc) is 2.97. The Morgan fingerprint density at radius 1 is 1.43 bits per heavy atom. The Morgan fingerprint density at radius 3 is 2.76 bits per heavy atom. The minimum absolute atomic E-state index is 0.0520. The Kier molecular flexibility index (Phi) is 5.76. The van der Waals surface area contributed by atoms with Crippen molar-refractivity contribution in [3.05, 3.63) is 17.5 Å². The third kappa shape index (κ3) is 4.04. The minimum atomic E-state index is -0.0520. The first-order valence-electron chi connectivity index (χ1n) is 7.72. The molecule has 0 bridgehead atoms. The first-order valence-corrected chi connectivity index (χ1v) is 7.72. The number of amides is 1. The lowest BCUT2D eigenvalue weighted by molar-refractivity contribution is 0.0305. The van der Waals surface area contributed by atoms with E-state index >= 15 is 0 Å². The summed E-state index contributed by atoms with van der Waals surface area (Å²) in [5.41, 5.74) is 0.403. The summed E-state index contributed by atoms with van der Waals surface area (Å²) in [5.74, 6) is 0.685. The molecule has 21 heavy (non-hydrogen) atoms. The van der Waals surface area contributed by atoms with Gasteiger partial charge in [-0.3, -0.25) is 9.69 Å². The zero-order valence-electron chi connectivity index (χ0n) is 13.2. The molecule has 0 unspecified atom stereocenters. The number of morpholine rings is 1. The topological polar surface area (TPSA) is 58.8 Å². The third-order valence-electron chi connectivity index (χ3n) is 3.99. The summed E-state index contributed by atoms with van der Waals surface area (Å²) in [6.07, 6.45) is 0.929. The van der Waals surface area contributed by atoms with Crippen molar-refractivity contribution in [3.8, 4) is 0 Å². The molecule has 1 amide bonds. The van der Waals surface area contributed by atoms with Crippen LogP contribution in [0.5, 0.6) is 0 Å². The molecule has 6 heteroatoms. The second kappa shape index (κ2) is 7.56. The number of hydrogen-bond donors (Lipinski definition) is 0. The van der Waals surface area contributed by atoms with E-state index in [4.69, 9.17) is 9.26 Å². The smallest absolute Gasteiger partial charge is 0.276 e. The van der Waals surface area contributed by atoms with Crippen LogP contribution in [-0.2, 0) is 11.3 Å². The number of hydrogen-bond acceptors (Lipinski definition) is 5. The molecule has 1 aromatic rings. The minimum Gasteiger partial charge on any atom is -0.379 e. The number of nitrogens with zero attached hydrogens (tertiary/aromatic N) is 3. The fraction of sp³-hybridized carbons (Fsp3) is 0.733. The van der Waals surface area contributed by atoms with Crippen LogP contribution in [0.25, 0.3) is 0 Å². The highest BCUT2D eigenvalue weighted by Crippen LogP contribution is 2.13. The van der Waals surface area contributed by atoms with Crippen molar-refractivity contribution in [1.29, 1.82) is 0 Å². The highest BCUT2D eigenvalue weighted by Gasteiger charge is 2.23. The monoisotopic (exact) mass is 295 g/mol. The van der Waals surface area contributed by atoms with E-state index in [1.165, 1.54) is 0 Å². The second-order valence-corrected chi connectivity index (χ2v) is 5.42. The van der Waals surface area contributed by atoms with Gasteiger partial charge >= 0.3 is 0 Å². The predicted molar refractivity (Wildman–Crippen MR) is 79.1 cm³/mol. The first kappa shape index (κ1) is 16.0. The van der Waals surface area contributed by atoms with Crippen molar-refractivity contribution in [1.82, 2.24) is 15.0 Å². The van der Waals surface area contributed by atoms with Gasteiger partial charge in [0.2, 0.25) is 0 Å². The number of aromatic nitrogens is 1. The van der Waals surface area contributed by atoms with Crippen molar-refractivity contribution in [2.24, 2.45) is 0 Å². The summed E-state index contributed by atoms with van der Waals surface area (Å²) >= 11 is 0. The molecule has 0 saturated carbocycles. The van der Waals surface area contributed by atoms with Gasteiger partial charge in [0.1, 0.15) is 0 Å². The van der Waals surface area contributed by atoms with Crippen LogP contribution < -0.4 is 0 Å². The molecule has 1 aromatic heterocycles. The summed E-state index contributed by atoms with van der Waals surface area (Å²) < 4.78 is 10.6. The van der Waals surface area contributed by atoms with Gasteiger partial charge in [0.15, 0.2) is 11.5 Å². The third-order valence-corrected chi connectivity index (χ3v) is 3.99. The summed E-state index contributed by atoms with van der Waals surface area (Å²) in [7, 11) is 0. The van der Waals surface area contributed by atoms with Crippen LogP contribution in [0.4, 0.5) is 0 Å². The van der Waals surface area contributed by atoms with E-state index in [1.807, 2.05) is 11.8 Å². The van der Waals surface area contributed by atoms with Crippen LogP contribution in [0.3, 0.4) is 0 Å². The SMILES string of the molecule is CC[C@@H](C)N(CC)C(=O)c1cc(CN2CCOCC2)on1. The number of rotatable bonds is 6. The lowest BCUT2D eigenvalue weighted by Gasteiger charge is -2.26. The van der Waals surface area contributed by atoms with Crippen LogP contribution in [0.1, 0.15) is 43.4 Å². The Labute approximate surface area is 126 Å². The zero-order chi connectivity index (χ0) is 15.2. The van der Waals surface area contributed by atoms with Crippen LogP contribution in [-0.4, -0.2) is 59.8 Å². The molecule has 0 N–H and O–H groups in total. The van der Waals surface area contributed by atoms with E-state index in [-0.39, 0.29) is 11.9 Å². The summed E-state index contributed by atoms with van der Waals surface area (Å²) in [5, 5.41) is 3.94. The highest BCUT2D eigenvalue weighted by molar-refractivity contribution is 5.92. The Hall–Kier alpha value is -1.40. The lowest BCUT2D eigenvalue weighted by atomic mass is 10.2. The zero-order valence-corrected chi connectivity index (χ0v) is 13.2. The summed E-state index contributed by atoms with van der Waals surface area (Å²) in [6.45, 7) is 10.7. The van der Waals surface area contributed by atoms with Crippen LogP contribution >= 0.6 is 0 Å². The van der Waals surface area contributed by atoms with Gasteiger partial charge in [-0.05, 0) is 20.3 Å². The Balaban J connectivity index is 1.99. The van der Waals surface area contributed by atoms with E-state index in [9.17, 15) is 4.79 Å². The molecule has 0 radical (unpaired) electrons. The molecule has 1 fully saturated rings. The van der Waals surface area contributed by atoms with Gasteiger partial charge in [0, 0.05) is 31.7 Å². The highest BCUT2D eigenvalue weighted by atomic mass is 16.5. The van der Waals surface area contributed by atoms with E-state index in [0.29, 0.717) is 18.8 Å². The molecular formula is C15H25N3O3. The van der Waals surface area contributed by atoms with Gasteiger partial charge in [-0.25, -0.2) is 0 Å². The number of ether oxygens (including phenoxy) is 1. The second-order valence-electron chi connectivity index (χ2n) is 5.42. The normalized spacial score (nSPS) is 17.7. The van der Waals surface area contributed by atoms with Gasteiger partial charge < -0.3 is 14.2 Å².